The third-order valence-corrected chi connectivity index (χ3v) is 5.58. The van der Waals surface area contributed by atoms with Crippen molar-refractivity contribution < 1.29 is 14.6 Å². The Kier molecular flexibility index (Phi) is 4.21. The topological polar surface area (TPSA) is 77.2 Å². The lowest BCUT2D eigenvalue weighted by Gasteiger charge is -2.38. The minimum Gasteiger partial charge on any atom is -0.476 e. The van der Waals surface area contributed by atoms with Gasteiger partial charge in [-0.25, -0.2) is 9.48 Å². The Morgan fingerprint density at radius 2 is 2.48 bits per heavy atom. The van der Waals surface area contributed by atoms with E-state index in [0.717, 1.165) is 49.5 Å². The number of carboxylic acid groups (broad SMARTS) is 1. The van der Waals surface area contributed by atoms with Crippen molar-refractivity contribution in [3.8, 4) is 0 Å². The van der Waals surface area contributed by atoms with Crippen LogP contribution in [0.15, 0.2) is 0 Å². The van der Waals surface area contributed by atoms with Crippen LogP contribution in [0.1, 0.15) is 54.8 Å². The maximum Gasteiger partial charge on any atom is 0.358 e. The molecule has 1 N–H and O–H groups in total. The lowest BCUT2D eigenvalue weighted by molar-refractivity contribution is -0.0783. The van der Waals surface area contributed by atoms with Gasteiger partial charge in [-0.2, -0.15) is 11.8 Å². The van der Waals surface area contributed by atoms with E-state index in [2.05, 4.69) is 10.3 Å². The average Bonchev–Trinajstić information content (AvgIpc) is 3.07. The van der Waals surface area contributed by atoms with E-state index in [0.29, 0.717) is 6.42 Å². The highest BCUT2D eigenvalue weighted by Crippen LogP contribution is 2.42. The second kappa shape index (κ2) is 5.96. The number of hydrogen-bond donors (Lipinski definition) is 1. The summed E-state index contributed by atoms with van der Waals surface area (Å²) in [5.41, 5.74) is 0.836. The van der Waals surface area contributed by atoms with Crippen LogP contribution in [0.25, 0.3) is 0 Å². The lowest BCUT2D eigenvalue weighted by Crippen LogP contribution is -2.41. The largest absolute Gasteiger partial charge is 0.476 e. The third-order valence-electron chi connectivity index (χ3n) is 4.36. The number of aromatic carboxylic acids is 1. The molecule has 2 atom stereocenters. The van der Waals surface area contributed by atoms with Crippen molar-refractivity contribution in [1.82, 2.24) is 15.0 Å². The second-order valence-corrected chi connectivity index (χ2v) is 6.97. The molecular formula is C14H21N3O3S. The highest BCUT2D eigenvalue weighted by molar-refractivity contribution is 7.99. The number of carbonyl (C=O) groups is 1. The van der Waals surface area contributed by atoms with Gasteiger partial charge in [-0.1, -0.05) is 18.6 Å². The summed E-state index contributed by atoms with van der Waals surface area (Å²) in [6.07, 6.45) is 4.47. The first-order chi connectivity index (χ1) is 10.2. The third kappa shape index (κ3) is 2.81. The molecule has 2 saturated heterocycles. The maximum absolute atomic E-state index is 11.3. The van der Waals surface area contributed by atoms with Crippen LogP contribution in [0.5, 0.6) is 0 Å². The van der Waals surface area contributed by atoms with Crippen molar-refractivity contribution in [1.29, 1.82) is 0 Å². The molecule has 2 aliphatic rings. The monoisotopic (exact) mass is 311 g/mol. The quantitative estimate of drug-likeness (QED) is 0.918. The lowest BCUT2D eigenvalue weighted by atomic mass is 9.89. The molecule has 2 unspecified atom stereocenters. The molecule has 116 valence electrons. The summed E-state index contributed by atoms with van der Waals surface area (Å²) in [7, 11) is 0. The van der Waals surface area contributed by atoms with E-state index in [1.165, 1.54) is 0 Å². The summed E-state index contributed by atoms with van der Waals surface area (Å²) in [5.74, 6) is 1.20. The van der Waals surface area contributed by atoms with Crippen molar-refractivity contribution in [3.63, 3.8) is 0 Å². The van der Waals surface area contributed by atoms with Gasteiger partial charge < -0.3 is 9.84 Å². The normalized spacial score (nSPS) is 29.1. The van der Waals surface area contributed by atoms with E-state index >= 15 is 0 Å². The Balaban J connectivity index is 1.87. The van der Waals surface area contributed by atoms with E-state index in [4.69, 9.17) is 4.74 Å². The first-order valence-electron chi connectivity index (χ1n) is 7.54. The molecule has 0 aromatic carbocycles. The van der Waals surface area contributed by atoms with Crippen molar-refractivity contribution >= 4 is 17.7 Å². The van der Waals surface area contributed by atoms with Crippen LogP contribution >= 0.6 is 11.8 Å². The van der Waals surface area contributed by atoms with Crippen molar-refractivity contribution in [2.45, 2.75) is 50.7 Å². The van der Waals surface area contributed by atoms with Gasteiger partial charge in [0.05, 0.1) is 17.3 Å². The average molecular weight is 311 g/mol. The van der Waals surface area contributed by atoms with Gasteiger partial charge in [-0.3, -0.25) is 0 Å². The SMILES string of the molecule is CCCc1c(C(=O)O)nnn1C1CCOC2(CCSC2)C1. The first-order valence-corrected chi connectivity index (χ1v) is 8.70. The minimum atomic E-state index is -0.983. The van der Waals surface area contributed by atoms with Crippen molar-refractivity contribution in [2.24, 2.45) is 0 Å². The number of thioether (sulfide) groups is 1. The summed E-state index contributed by atoms with van der Waals surface area (Å²) in [6, 6.07) is 0.208. The fraction of sp³-hybridized carbons (Fsp3) is 0.786. The van der Waals surface area contributed by atoms with Crippen LogP contribution < -0.4 is 0 Å². The fourth-order valence-corrected chi connectivity index (χ4v) is 4.69. The Morgan fingerprint density at radius 1 is 1.62 bits per heavy atom. The number of nitrogens with zero attached hydrogens (tertiary/aromatic N) is 3. The molecule has 1 aromatic rings. The molecule has 21 heavy (non-hydrogen) atoms. The van der Waals surface area contributed by atoms with E-state index in [9.17, 15) is 9.90 Å². The Hall–Kier alpha value is -1.08. The Morgan fingerprint density at radius 3 is 3.14 bits per heavy atom. The zero-order valence-corrected chi connectivity index (χ0v) is 13.1. The molecule has 0 aliphatic carbocycles. The fourth-order valence-electron chi connectivity index (χ4n) is 3.32. The molecule has 1 aromatic heterocycles. The zero-order chi connectivity index (χ0) is 14.9. The number of ether oxygens (including phenoxy) is 1. The molecule has 3 heterocycles. The molecule has 2 aliphatic heterocycles. The predicted octanol–water partition coefficient (Wildman–Crippen LogP) is 2.16. The van der Waals surface area contributed by atoms with Crippen LogP contribution in [0.2, 0.25) is 0 Å². The molecule has 7 heteroatoms. The number of rotatable bonds is 4. The molecule has 0 saturated carbocycles. The van der Waals surface area contributed by atoms with E-state index in [1.54, 1.807) is 0 Å². The Bertz CT molecular complexity index is 526. The smallest absolute Gasteiger partial charge is 0.358 e. The van der Waals surface area contributed by atoms with Crippen LogP contribution in [-0.2, 0) is 11.2 Å². The van der Waals surface area contributed by atoms with E-state index in [1.807, 2.05) is 23.4 Å². The van der Waals surface area contributed by atoms with Crippen LogP contribution in [0, 0.1) is 0 Å². The van der Waals surface area contributed by atoms with Gasteiger partial charge in [0, 0.05) is 12.4 Å². The van der Waals surface area contributed by atoms with Gasteiger partial charge in [0.2, 0.25) is 0 Å². The molecule has 1 spiro atoms. The molecular weight excluding hydrogens is 290 g/mol. The zero-order valence-electron chi connectivity index (χ0n) is 12.2. The van der Waals surface area contributed by atoms with Crippen LogP contribution in [0.4, 0.5) is 0 Å². The van der Waals surface area contributed by atoms with Crippen LogP contribution in [0.3, 0.4) is 0 Å². The molecule has 2 fully saturated rings. The highest BCUT2D eigenvalue weighted by atomic mass is 32.2. The van der Waals surface area contributed by atoms with Crippen molar-refractivity contribution in [2.75, 3.05) is 18.1 Å². The molecule has 0 amide bonds. The first kappa shape index (κ1) is 14.8. The van der Waals surface area contributed by atoms with Gasteiger partial charge in [0.1, 0.15) is 0 Å². The molecule has 6 nitrogen and oxygen atoms in total. The second-order valence-electron chi connectivity index (χ2n) is 5.87. The van der Waals surface area contributed by atoms with Gasteiger partial charge in [0.25, 0.3) is 0 Å². The maximum atomic E-state index is 11.3. The predicted molar refractivity (Wildman–Crippen MR) is 79.9 cm³/mol. The van der Waals surface area contributed by atoms with Gasteiger partial charge in [0.15, 0.2) is 5.69 Å². The summed E-state index contributed by atoms with van der Waals surface area (Å²) in [4.78, 5) is 11.3. The standard InChI is InChI=1S/C14H21N3O3S/c1-2-3-11-12(13(18)19)15-16-17(11)10-4-6-20-14(8-10)5-7-21-9-14/h10H,2-9H2,1H3,(H,18,19). The van der Waals surface area contributed by atoms with Gasteiger partial charge in [-0.05, 0) is 31.4 Å². The summed E-state index contributed by atoms with van der Waals surface area (Å²) in [6.45, 7) is 2.76. The van der Waals surface area contributed by atoms with Gasteiger partial charge in [-0.15, -0.1) is 5.10 Å². The van der Waals surface area contributed by atoms with Crippen molar-refractivity contribution in [3.05, 3.63) is 11.4 Å². The Labute approximate surface area is 128 Å². The molecule has 0 bridgehead atoms. The highest BCUT2D eigenvalue weighted by Gasteiger charge is 2.42. The van der Waals surface area contributed by atoms with E-state index in [-0.39, 0.29) is 17.3 Å². The summed E-state index contributed by atoms with van der Waals surface area (Å²) >= 11 is 1.94. The summed E-state index contributed by atoms with van der Waals surface area (Å²) in [5, 5.41) is 17.3. The minimum absolute atomic E-state index is 0.0353. The number of aromatic nitrogens is 3. The molecule has 0 radical (unpaired) electrons. The summed E-state index contributed by atoms with van der Waals surface area (Å²) < 4.78 is 7.89. The number of carboxylic acids is 1. The number of hydrogen-bond acceptors (Lipinski definition) is 5. The van der Waals surface area contributed by atoms with Gasteiger partial charge >= 0.3 is 5.97 Å². The van der Waals surface area contributed by atoms with Crippen LogP contribution in [-0.4, -0.2) is 49.8 Å². The molecule has 3 rings (SSSR count). The van der Waals surface area contributed by atoms with E-state index < -0.39 is 5.97 Å².